The largest absolute Gasteiger partial charge is 0.342 e. The van der Waals surface area contributed by atoms with Crippen molar-refractivity contribution in [3.05, 3.63) is 0 Å². The SMILES string of the molecule is CC(=N)N1CC(=O)N(C)C(=O)C1. The number of hydrogen-bond donors (Lipinski definition) is 1. The van der Waals surface area contributed by atoms with Crippen molar-refractivity contribution in [2.75, 3.05) is 20.1 Å². The molecule has 0 saturated carbocycles. The van der Waals surface area contributed by atoms with Gasteiger partial charge in [-0.2, -0.15) is 0 Å². The van der Waals surface area contributed by atoms with Crippen molar-refractivity contribution < 1.29 is 9.59 Å². The molecular formula is C7H11N3O2. The monoisotopic (exact) mass is 169 g/mol. The molecule has 12 heavy (non-hydrogen) atoms. The van der Waals surface area contributed by atoms with E-state index in [4.69, 9.17) is 5.41 Å². The fourth-order valence-corrected chi connectivity index (χ4v) is 0.971. The Labute approximate surface area is 70.5 Å². The zero-order chi connectivity index (χ0) is 9.30. The van der Waals surface area contributed by atoms with Crippen molar-refractivity contribution in [3.8, 4) is 0 Å². The molecule has 0 bridgehead atoms. The topological polar surface area (TPSA) is 64.5 Å². The number of amides is 2. The number of imide groups is 1. The summed E-state index contributed by atoms with van der Waals surface area (Å²) in [5.74, 6) is -0.250. The van der Waals surface area contributed by atoms with E-state index >= 15 is 0 Å². The molecule has 1 fully saturated rings. The molecule has 5 nitrogen and oxygen atoms in total. The van der Waals surface area contributed by atoms with Gasteiger partial charge in [-0.1, -0.05) is 0 Å². The van der Waals surface area contributed by atoms with Crippen molar-refractivity contribution >= 4 is 17.6 Å². The van der Waals surface area contributed by atoms with E-state index in [-0.39, 0.29) is 30.7 Å². The maximum absolute atomic E-state index is 11.1. The van der Waals surface area contributed by atoms with Crippen LogP contribution in [0.3, 0.4) is 0 Å². The molecule has 0 atom stereocenters. The van der Waals surface area contributed by atoms with Crippen LogP contribution < -0.4 is 0 Å². The van der Waals surface area contributed by atoms with Gasteiger partial charge in [0.05, 0.1) is 18.9 Å². The normalized spacial score (nSPS) is 18.5. The molecule has 66 valence electrons. The molecule has 1 rings (SSSR count). The van der Waals surface area contributed by atoms with Crippen LogP contribution in [-0.4, -0.2) is 47.6 Å². The van der Waals surface area contributed by atoms with Gasteiger partial charge in [-0.15, -0.1) is 0 Å². The third kappa shape index (κ3) is 1.44. The van der Waals surface area contributed by atoms with Gasteiger partial charge in [0.25, 0.3) is 0 Å². The second kappa shape index (κ2) is 2.92. The van der Waals surface area contributed by atoms with E-state index in [9.17, 15) is 9.59 Å². The third-order valence-corrected chi connectivity index (χ3v) is 1.87. The van der Waals surface area contributed by atoms with Gasteiger partial charge in [-0.3, -0.25) is 19.9 Å². The van der Waals surface area contributed by atoms with Crippen molar-refractivity contribution in [2.24, 2.45) is 0 Å². The summed E-state index contributed by atoms with van der Waals surface area (Å²) >= 11 is 0. The number of hydrogen-bond acceptors (Lipinski definition) is 3. The molecule has 1 heterocycles. The minimum atomic E-state index is -0.252. The van der Waals surface area contributed by atoms with Crippen LogP contribution in [0.5, 0.6) is 0 Å². The Balaban J connectivity index is 2.72. The highest BCUT2D eigenvalue weighted by Gasteiger charge is 2.27. The van der Waals surface area contributed by atoms with E-state index in [1.165, 1.54) is 11.9 Å². The highest BCUT2D eigenvalue weighted by molar-refractivity contribution is 6.02. The van der Waals surface area contributed by atoms with Crippen LogP contribution in [0.25, 0.3) is 0 Å². The Morgan fingerprint density at radius 3 is 2.08 bits per heavy atom. The summed E-state index contributed by atoms with van der Waals surface area (Å²) < 4.78 is 0. The second-order valence-electron chi connectivity index (χ2n) is 2.79. The maximum atomic E-state index is 11.1. The number of carbonyl (C=O) groups excluding carboxylic acids is 2. The zero-order valence-electron chi connectivity index (χ0n) is 7.13. The molecule has 0 unspecified atom stereocenters. The molecule has 0 aromatic carbocycles. The first-order valence-corrected chi connectivity index (χ1v) is 3.62. The fraction of sp³-hybridized carbons (Fsp3) is 0.571. The smallest absolute Gasteiger partial charge is 0.248 e. The van der Waals surface area contributed by atoms with Crippen molar-refractivity contribution in [2.45, 2.75) is 6.92 Å². The van der Waals surface area contributed by atoms with Crippen LogP contribution in [0, 0.1) is 5.41 Å². The van der Waals surface area contributed by atoms with E-state index < -0.39 is 0 Å². The minimum Gasteiger partial charge on any atom is -0.342 e. The van der Waals surface area contributed by atoms with Crippen LogP contribution >= 0.6 is 0 Å². The number of piperazine rings is 1. The first-order chi connectivity index (χ1) is 5.52. The molecule has 0 radical (unpaired) electrons. The van der Waals surface area contributed by atoms with Gasteiger partial charge in [0, 0.05) is 7.05 Å². The predicted molar refractivity (Wildman–Crippen MR) is 42.8 cm³/mol. The quantitative estimate of drug-likeness (QED) is 0.296. The van der Waals surface area contributed by atoms with Crippen molar-refractivity contribution in [3.63, 3.8) is 0 Å². The van der Waals surface area contributed by atoms with Crippen LogP contribution in [0.1, 0.15) is 6.92 Å². The van der Waals surface area contributed by atoms with Gasteiger partial charge < -0.3 is 4.90 Å². The maximum Gasteiger partial charge on any atom is 0.248 e. The van der Waals surface area contributed by atoms with Gasteiger partial charge in [-0.25, -0.2) is 0 Å². The lowest BCUT2D eigenvalue weighted by molar-refractivity contribution is -0.147. The fourth-order valence-electron chi connectivity index (χ4n) is 0.971. The Morgan fingerprint density at radius 1 is 1.33 bits per heavy atom. The van der Waals surface area contributed by atoms with Gasteiger partial charge in [0.15, 0.2) is 0 Å². The summed E-state index contributed by atoms with van der Waals surface area (Å²) in [7, 11) is 1.46. The Hall–Kier alpha value is -1.39. The van der Waals surface area contributed by atoms with Crippen LogP contribution in [-0.2, 0) is 9.59 Å². The van der Waals surface area contributed by atoms with E-state index in [0.29, 0.717) is 0 Å². The molecule has 2 amide bonds. The number of nitrogens with zero attached hydrogens (tertiary/aromatic N) is 2. The molecule has 1 saturated heterocycles. The van der Waals surface area contributed by atoms with Crippen molar-refractivity contribution in [1.82, 2.24) is 9.80 Å². The second-order valence-corrected chi connectivity index (χ2v) is 2.79. The summed E-state index contributed by atoms with van der Waals surface area (Å²) in [5.41, 5.74) is 0. The number of nitrogens with one attached hydrogen (secondary N) is 1. The van der Waals surface area contributed by atoms with Crippen molar-refractivity contribution in [1.29, 1.82) is 5.41 Å². The van der Waals surface area contributed by atoms with Crippen LogP contribution in [0.4, 0.5) is 0 Å². The molecule has 1 aliphatic heterocycles. The standard InChI is InChI=1S/C7H11N3O2/c1-5(8)10-3-6(11)9(2)7(12)4-10/h8H,3-4H2,1-2H3. The van der Waals surface area contributed by atoms with E-state index in [0.717, 1.165) is 4.90 Å². The Morgan fingerprint density at radius 2 is 1.75 bits per heavy atom. The van der Waals surface area contributed by atoms with Gasteiger partial charge >= 0.3 is 0 Å². The highest BCUT2D eigenvalue weighted by atomic mass is 16.2. The van der Waals surface area contributed by atoms with Gasteiger partial charge in [0.2, 0.25) is 11.8 Å². The zero-order valence-corrected chi connectivity index (χ0v) is 7.13. The summed E-state index contributed by atoms with van der Waals surface area (Å²) in [4.78, 5) is 24.7. The summed E-state index contributed by atoms with van der Waals surface area (Å²) in [6.07, 6.45) is 0. The first kappa shape index (κ1) is 8.70. The molecule has 0 aromatic heterocycles. The van der Waals surface area contributed by atoms with E-state index in [2.05, 4.69) is 0 Å². The molecular weight excluding hydrogens is 158 g/mol. The highest BCUT2D eigenvalue weighted by Crippen LogP contribution is 2.02. The van der Waals surface area contributed by atoms with Crippen LogP contribution in [0.2, 0.25) is 0 Å². The number of likely N-dealkylation sites (N-methyl/N-ethyl adjacent to an activating group) is 1. The van der Waals surface area contributed by atoms with Gasteiger partial charge in [-0.05, 0) is 6.92 Å². The van der Waals surface area contributed by atoms with E-state index in [1.54, 1.807) is 6.92 Å². The van der Waals surface area contributed by atoms with Gasteiger partial charge in [0.1, 0.15) is 0 Å². The Kier molecular flexibility index (Phi) is 2.12. The average molecular weight is 169 g/mol. The lowest BCUT2D eigenvalue weighted by Crippen LogP contribution is -2.53. The molecule has 1 aliphatic rings. The molecule has 0 aromatic rings. The average Bonchev–Trinajstić information content (AvgIpc) is 1.99. The molecule has 1 N–H and O–H groups in total. The summed E-state index contributed by atoms with van der Waals surface area (Å²) in [6.45, 7) is 1.83. The number of rotatable bonds is 0. The van der Waals surface area contributed by atoms with E-state index in [1.807, 2.05) is 0 Å². The molecule has 0 spiro atoms. The lowest BCUT2D eigenvalue weighted by Gasteiger charge is -2.30. The lowest BCUT2D eigenvalue weighted by atomic mass is 10.3. The predicted octanol–water partition coefficient (Wildman–Crippen LogP) is -0.716. The Bertz CT molecular complexity index is 231. The molecule has 5 heteroatoms. The summed E-state index contributed by atoms with van der Waals surface area (Å²) in [6, 6.07) is 0. The first-order valence-electron chi connectivity index (χ1n) is 3.62. The summed E-state index contributed by atoms with van der Waals surface area (Å²) in [5, 5.41) is 7.24. The number of carbonyl (C=O) groups is 2. The molecule has 0 aliphatic carbocycles. The third-order valence-electron chi connectivity index (χ3n) is 1.87. The number of amidine groups is 1. The minimum absolute atomic E-state index is 0.136. The van der Waals surface area contributed by atoms with Crippen LogP contribution in [0.15, 0.2) is 0 Å².